The van der Waals surface area contributed by atoms with Gasteiger partial charge in [-0.1, -0.05) is 13.3 Å². The van der Waals surface area contributed by atoms with E-state index in [9.17, 15) is 0 Å². The monoisotopic (exact) mass is 273 g/mol. The average Bonchev–Trinajstić information content (AvgIpc) is 2.69. The molecule has 1 heterocycles. The van der Waals surface area contributed by atoms with Crippen LogP contribution in [0.5, 0.6) is 0 Å². The molecule has 1 atom stereocenters. The van der Waals surface area contributed by atoms with Gasteiger partial charge in [-0.25, -0.2) is 0 Å². The molecular weight excluding hydrogens is 254 g/mol. The third kappa shape index (κ3) is 6.15. The van der Waals surface area contributed by atoms with E-state index >= 15 is 0 Å². The summed E-state index contributed by atoms with van der Waals surface area (Å²) in [6, 6.07) is 3.73. The van der Waals surface area contributed by atoms with Crippen molar-refractivity contribution < 1.29 is 4.42 Å². The second-order valence-electron chi connectivity index (χ2n) is 3.78. The standard InChI is InChI=1S/C11H19N5O.ClH/c1-3-5-8(2)14-11(16-10(12)13)15-9-6-4-7-17-9;/h4,6-8H,3,5H2,1-2H3,(H5,12,13,14,15,16);1H. The molecule has 0 saturated carbocycles. The largest absolute Gasteiger partial charge is 0.447 e. The quantitative estimate of drug-likeness (QED) is 0.498. The van der Waals surface area contributed by atoms with E-state index in [1.54, 1.807) is 18.4 Å². The third-order valence-electron chi connectivity index (χ3n) is 2.09. The molecule has 0 bridgehead atoms. The van der Waals surface area contributed by atoms with Gasteiger partial charge < -0.3 is 15.5 Å². The van der Waals surface area contributed by atoms with E-state index in [0.717, 1.165) is 12.8 Å². The van der Waals surface area contributed by atoms with Crippen LogP contribution in [0.3, 0.4) is 0 Å². The molecule has 0 saturated heterocycles. The first-order valence-corrected chi connectivity index (χ1v) is 5.61. The van der Waals surface area contributed by atoms with Crippen LogP contribution < -0.4 is 16.4 Å². The van der Waals surface area contributed by atoms with Crippen molar-refractivity contribution in [3.05, 3.63) is 18.4 Å². The number of nitrogens with one attached hydrogen (secondary N) is 3. The third-order valence-corrected chi connectivity index (χ3v) is 2.09. The van der Waals surface area contributed by atoms with Crippen molar-refractivity contribution in [3.8, 4) is 0 Å². The smallest absolute Gasteiger partial charge is 0.221 e. The first-order valence-electron chi connectivity index (χ1n) is 5.61. The van der Waals surface area contributed by atoms with Gasteiger partial charge in [-0.05, 0) is 19.4 Å². The molecule has 0 radical (unpaired) electrons. The Morgan fingerprint density at radius 1 is 1.61 bits per heavy atom. The van der Waals surface area contributed by atoms with E-state index in [4.69, 9.17) is 15.6 Å². The van der Waals surface area contributed by atoms with Crippen molar-refractivity contribution in [2.24, 2.45) is 10.7 Å². The molecule has 0 aliphatic carbocycles. The Hall–Kier alpha value is -1.69. The van der Waals surface area contributed by atoms with Gasteiger partial charge in [0.1, 0.15) is 0 Å². The number of halogens is 1. The molecule has 7 heteroatoms. The van der Waals surface area contributed by atoms with Gasteiger partial charge in [-0.3, -0.25) is 10.7 Å². The van der Waals surface area contributed by atoms with Gasteiger partial charge in [0.2, 0.25) is 11.8 Å². The second-order valence-corrected chi connectivity index (χ2v) is 3.78. The number of nitrogens with two attached hydrogens (primary N) is 1. The lowest BCUT2D eigenvalue weighted by atomic mass is 10.2. The molecule has 1 unspecified atom stereocenters. The Morgan fingerprint density at radius 2 is 2.33 bits per heavy atom. The summed E-state index contributed by atoms with van der Waals surface area (Å²) in [4.78, 5) is 4.19. The topological polar surface area (TPSA) is 99.4 Å². The molecule has 0 fully saturated rings. The number of rotatable bonds is 4. The lowest BCUT2D eigenvalue weighted by Crippen LogP contribution is -2.47. The number of hydrogen-bond acceptors (Lipinski definition) is 3. The minimum atomic E-state index is -0.161. The van der Waals surface area contributed by atoms with E-state index in [1.807, 2.05) is 6.92 Å². The fraction of sp³-hybridized carbons (Fsp3) is 0.455. The summed E-state index contributed by atoms with van der Waals surface area (Å²) in [5.74, 6) is 0.727. The fourth-order valence-electron chi connectivity index (χ4n) is 1.41. The molecule has 0 aromatic carbocycles. The molecule has 102 valence electrons. The number of furan rings is 1. The summed E-state index contributed by atoms with van der Waals surface area (Å²) in [5, 5.41) is 13.0. The molecule has 0 spiro atoms. The number of aliphatic imine (C=N–C) groups is 1. The van der Waals surface area contributed by atoms with Gasteiger partial charge in [-0.15, -0.1) is 12.4 Å². The Kier molecular flexibility index (Phi) is 7.62. The minimum Gasteiger partial charge on any atom is -0.447 e. The highest BCUT2D eigenvalue weighted by atomic mass is 35.5. The molecule has 1 aromatic rings. The SMILES string of the molecule is CCCC(C)NC(=Nc1ccco1)NC(=N)N.Cl. The lowest BCUT2D eigenvalue weighted by Gasteiger charge is -2.16. The number of nitrogens with zero attached hydrogens (tertiary/aromatic N) is 1. The summed E-state index contributed by atoms with van der Waals surface area (Å²) >= 11 is 0. The Morgan fingerprint density at radius 3 is 2.83 bits per heavy atom. The first-order chi connectivity index (χ1) is 8.11. The lowest BCUT2D eigenvalue weighted by molar-refractivity contribution is 0.570. The van der Waals surface area contributed by atoms with Gasteiger partial charge in [0.25, 0.3) is 0 Å². The Labute approximate surface area is 113 Å². The van der Waals surface area contributed by atoms with Crippen molar-refractivity contribution in [1.82, 2.24) is 10.6 Å². The Bertz CT molecular complexity index is 377. The van der Waals surface area contributed by atoms with Crippen molar-refractivity contribution in [1.29, 1.82) is 5.41 Å². The van der Waals surface area contributed by atoms with E-state index in [1.165, 1.54) is 0 Å². The number of guanidine groups is 2. The van der Waals surface area contributed by atoms with Gasteiger partial charge in [0.15, 0.2) is 5.96 Å². The van der Waals surface area contributed by atoms with E-state index in [2.05, 4.69) is 22.5 Å². The van der Waals surface area contributed by atoms with E-state index in [0.29, 0.717) is 11.8 Å². The molecule has 0 aliphatic heterocycles. The first kappa shape index (κ1) is 16.3. The van der Waals surface area contributed by atoms with Crippen LogP contribution in [0.4, 0.5) is 5.88 Å². The zero-order valence-electron chi connectivity index (χ0n) is 10.6. The van der Waals surface area contributed by atoms with Crippen LogP contribution in [-0.4, -0.2) is 18.0 Å². The van der Waals surface area contributed by atoms with Crippen LogP contribution in [0.2, 0.25) is 0 Å². The highest BCUT2D eigenvalue weighted by Crippen LogP contribution is 2.10. The van der Waals surface area contributed by atoms with E-state index in [-0.39, 0.29) is 24.4 Å². The zero-order chi connectivity index (χ0) is 12.7. The van der Waals surface area contributed by atoms with Crippen LogP contribution >= 0.6 is 12.4 Å². The van der Waals surface area contributed by atoms with Crippen LogP contribution in [0.1, 0.15) is 26.7 Å². The molecule has 0 aliphatic rings. The predicted octanol–water partition coefficient (Wildman–Crippen LogP) is 1.95. The summed E-state index contributed by atoms with van der Waals surface area (Å²) < 4.78 is 5.11. The predicted molar refractivity (Wildman–Crippen MR) is 75.6 cm³/mol. The average molecular weight is 274 g/mol. The minimum absolute atomic E-state index is 0. The van der Waals surface area contributed by atoms with Crippen LogP contribution in [-0.2, 0) is 0 Å². The maximum Gasteiger partial charge on any atom is 0.221 e. The van der Waals surface area contributed by atoms with Crippen LogP contribution in [0.25, 0.3) is 0 Å². The molecule has 6 nitrogen and oxygen atoms in total. The Balaban J connectivity index is 0.00000289. The number of hydrogen-bond donors (Lipinski definition) is 4. The van der Waals surface area contributed by atoms with Gasteiger partial charge in [0.05, 0.1) is 6.26 Å². The summed E-state index contributed by atoms with van der Waals surface area (Å²) in [7, 11) is 0. The molecular formula is C11H20ClN5O. The maximum atomic E-state index is 7.21. The summed E-state index contributed by atoms with van der Waals surface area (Å²) in [6.45, 7) is 4.16. The van der Waals surface area contributed by atoms with Crippen LogP contribution in [0, 0.1) is 5.41 Å². The van der Waals surface area contributed by atoms with Gasteiger partial charge in [-0.2, -0.15) is 4.99 Å². The maximum absolute atomic E-state index is 7.21. The highest BCUT2D eigenvalue weighted by Gasteiger charge is 2.06. The molecule has 5 N–H and O–H groups in total. The second kappa shape index (κ2) is 8.41. The van der Waals surface area contributed by atoms with Crippen LogP contribution in [0.15, 0.2) is 27.8 Å². The van der Waals surface area contributed by atoms with Crippen molar-refractivity contribution in [2.45, 2.75) is 32.7 Å². The van der Waals surface area contributed by atoms with Gasteiger partial charge >= 0.3 is 0 Å². The summed E-state index contributed by atoms with van der Waals surface area (Å²) in [5.41, 5.74) is 5.29. The normalized spacial score (nSPS) is 12.4. The highest BCUT2D eigenvalue weighted by molar-refractivity contribution is 5.97. The fourth-order valence-corrected chi connectivity index (χ4v) is 1.41. The van der Waals surface area contributed by atoms with Crippen molar-refractivity contribution in [3.63, 3.8) is 0 Å². The molecule has 1 rings (SSSR count). The zero-order valence-corrected chi connectivity index (χ0v) is 11.4. The molecule has 0 amide bonds. The van der Waals surface area contributed by atoms with Crippen molar-refractivity contribution >= 4 is 30.2 Å². The summed E-state index contributed by atoms with van der Waals surface area (Å²) in [6.07, 6.45) is 3.62. The molecule has 1 aromatic heterocycles. The molecule has 18 heavy (non-hydrogen) atoms. The van der Waals surface area contributed by atoms with Gasteiger partial charge in [0, 0.05) is 12.1 Å². The van der Waals surface area contributed by atoms with E-state index < -0.39 is 0 Å². The van der Waals surface area contributed by atoms with Crippen molar-refractivity contribution in [2.75, 3.05) is 0 Å².